The van der Waals surface area contributed by atoms with Gasteiger partial charge in [0.1, 0.15) is 5.82 Å². The molecule has 25 heavy (non-hydrogen) atoms. The minimum absolute atomic E-state index is 0.0307. The first kappa shape index (κ1) is 17.4. The van der Waals surface area contributed by atoms with Crippen LogP contribution < -0.4 is 21.3 Å². The van der Waals surface area contributed by atoms with Crippen molar-refractivity contribution in [2.45, 2.75) is 45.6 Å². The van der Waals surface area contributed by atoms with E-state index in [4.69, 9.17) is 0 Å². The number of anilines is 1. The molecule has 0 radical (unpaired) electrons. The number of nitrogens with zero attached hydrogens (tertiary/aromatic N) is 2. The Morgan fingerprint density at radius 1 is 1.52 bits per heavy atom. The molecule has 1 aliphatic rings. The summed E-state index contributed by atoms with van der Waals surface area (Å²) in [6.07, 6.45) is 0.804. The monoisotopic (exact) mass is 362 g/mol. The van der Waals surface area contributed by atoms with Crippen molar-refractivity contribution in [3.05, 3.63) is 34.2 Å². The van der Waals surface area contributed by atoms with E-state index in [1.165, 1.54) is 0 Å². The first-order valence-electron chi connectivity index (χ1n) is 8.24. The molecule has 0 bridgehead atoms. The molecule has 3 heterocycles. The lowest BCUT2D eigenvalue weighted by Crippen LogP contribution is -2.53. The maximum atomic E-state index is 12.2. The number of carbonyl (C=O) groups excluding carboxylic acids is 2. The number of thiophene rings is 1. The smallest absolute Gasteiger partial charge is 0.320 e. The van der Waals surface area contributed by atoms with E-state index in [9.17, 15) is 9.59 Å². The highest BCUT2D eigenvalue weighted by molar-refractivity contribution is 7.09. The maximum absolute atomic E-state index is 12.2. The zero-order valence-electron chi connectivity index (χ0n) is 14.2. The summed E-state index contributed by atoms with van der Waals surface area (Å²) >= 11 is 1.59. The van der Waals surface area contributed by atoms with Gasteiger partial charge in [-0.15, -0.1) is 11.3 Å². The summed E-state index contributed by atoms with van der Waals surface area (Å²) in [5, 5.41) is 18.2. The number of aryl methyl sites for hydroxylation is 1. The molecule has 1 fully saturated rings. The summed E-state index contributed by atoms with van der Waals surface area (Å²) in [6.45, 7) is 4.33. The van der Waals surface area contributed by atoms with E-state index >= 15 is 0 Å². The SMILES string of the molecule is CCC1CC(=O)NC(n2nc(C)cc2NC(=O)NCc2cccs2)N1. The second-order valence-corrected chi connectivity index (χ2v) is 6.98. The van der Waals surface area contributed by atoms with Crippen molar-refractivity contribution in [2.24, 2.45) is 0 Å². The van der Waals surface area contributed by atoms with Crippen LogP contribution in [-0.2, 0) is 11.3 Å². The highest BCUT2D eigenvalue weighted by Crippen LogP contribution is 2.18. The van der Waals surface area contributed by atoms with Crippen molar-refractivity contribution in [2.75, 3.05) is 5.32 Å². The Kier molecular flexibility index (Phi) is 5.34. The second-order valence-electron chi connectivity index (χ2n) is 5.95. The molecular formula is C16H22N6O2S. The van der Waals surface area contributed by atoms with Crippen molar-refractivity contribution in [1.29, 1.82) is 0 Å². The van der Waals surface area contributed by atoms with Gasteiger partial charge in [-0.05, 0) is 24.8 Å². The zero-order chi connectivity index (χ0) is 17.8. The summed E-state index contributed by atoms with van der Waals surface area (Å²) in [5.41, 5.74) is 0.753. The van der Waals surface area contributed by atoms with Gasteiger partial charge in [-0.25, -0.2) is 9.48 Å². The van der Waals surface area contributed by atoms with Gasteiger partial charge >= 0.3 is 6.03 Å². The summed E-state index contributed by atoms with van der Waals surface area (Å²) in [7, 11) is 0. The molecule has 8 nitrogen and oxygen atoms in total. The Balaban J connectivity index is 1.67. The van der Waals surface area contributed by atoms with E-state index in [0.29, 0.717) is 18.8 Å². The van der Waals surface area contributed by atoms with Crippen LogP contribution in [0.4, 0.5) is 10.6 Å². The molecule has 2 atom stereocenters. The second kappa shape index (κ2) is 7.66. The van der Waals surface area contributed by atoms with Crippen LogP contribution in [0, 0.1) is 6.92 Å². The minimum Gasteiger partial charge on any atom is -0.333 e. The number of hydrogen-bond acceptors (Lipinski definition) is 5. The van der Waals surface area contributed by atoms with Gasteiger partial charge in [-0.3, -0.25) is 15.4 Å². The third-order valence-electron chi connectivity index (χ3n) is 3.96. The van der Waals surface area contributed by atoms with Crippen LogP contribution in [0.3, 0.4) is 0 Å². The Bertz CT molecular complexity index is 742. The molecule has 4 N–H and O–H groups in total. The number of aromatic nitrogens is 2. The van der Waals surface area contributed by atoms with E-state index in [1.807, 2.05) is 31.4 Å². The minimum atomic E-state index is -0.479. The van der Waals surface area contributed by atoms with Gasteiger partial charge in [0.2, 0.25) is 5.91 Å². The van der Waals surface area contributed by atoms with Crippen LogP contribution in [0.1, 0.15) is 36.6 Å². The molecule has 3 rings (SSSR count). The zero-order valence-corrected chi connectivity index (χ0v) is 15.0. The molecule has 0 spiro atoms. The lowest BCUT2D eigenvalue weighted by Gasteiger charge is -2.31. The van der Waals surface area contributed by atoms with Crippen molar-refractivity contribution in [3.63, 3.8) is 0 Å². The predicted octanol–water partition coefficient (Wildman–Crippen LogP) is 1.92. The molecule has 9 heteroatoms. The van der Waals surface area contributed by atoms with Crippen LogP contribution in [0.15, 0.2) is 23.6 Å². The average Bonchev–Trinajstić information content (AvgIpc) is 3.22. The number of amides is 3. The molecular weight excluding hydrogens is 340 g/mol. The molecule has 2 aromatic rings. The average molecular weight is 362 g/mol. The summed E-state index contributed by atoms with van der Waals surface area (Å²) in [6, 6.07) is 5.45. The first-order valence-corrected chi connectivity index (χ1v) is 9.12. The van der Waals surface area contributed by atoms with Crippen LogP contribution in [0.2, 0.25) is 0 Å². The predicted molar refractivity (Wildman–Crippen MR) is 96.2 cm³/mol. The largest absolute Gasteiger partial charge is 0.333 e. The van der Waals surface area contributed by atoms with Gasteiger partial charge in [-0.2, -0.15) is 5.10 Å². The molecule has 3 amide bonds. The fourth-order valence-electron chi connectivity index (χ4n) is 2.70. The van der Waals surface area contributed by atoms with Gasteiger partial charge in [0.05, 0.1) is 12.2 Å². The van der Waals surface area contributed by atoms with Crippen LogP contribution in [0.25, 0.3) is 0 Å². The lowest BCUT2D eigenvalue weighted by atomic mass is 10.1. The Morgan fingerprint density at radius 2 is 2.36 bits per heavy atom. The number of nitrogens with one attached hydrogen (secondary N) is 4. The maximum Gasteiger partial charge on any atom is 0.320 e. The summed E-state index contributed by atoms with van der Waals surface area (Å²) in [5.74, 6) is 0.493. The quantitative estimate of drug-likeness (QED) is 0.653. The Hall–Kier alpha value is -2.39. The first-order chi connectivity index (χ1) is 12.0. The Labute approximate surface area is 150 Å². The number of carbonyl (C=O) groups is 2. The highest BCUT2D eigenvalue weighted by Gasteiger charge is 2.28. The number of rotatable bonds is 5. The van der Waals surface area contributed by atoms with E-state index in [0.717, 1.165) is 17.0 Å². The summed E-state index contributed by atoms with van der Waals surface area (Å²) in [4.78, 5) is 25.1. The van der Waals surface area contributed by atoms with Crippen molar-refractivity contribution >= 4 is 29.1 Å². The van der Waals surface area contributed by atoms with Gasteiger partial charge in [0, 0.05) is 23.4 Å². The molecule has 1 aliphatic heterocycles. The molecule has 1 saturated heterocycles. The number of urea groups is 1. The molecule has 0 aliphatic carbocycles. The fourth-order valence-corrected chi connectivity index (χ4v) is 3.35. The normalized spacial score (nSPS) is 20.2. The highest BCUT2D eigenvalue weighted by atomic mass is 32.1. The topological polar surface area (TPSA) is 100 Å². The van der Waals surface area contributed by atoms with Crippen molar-refractivity contribution < 1.29 is 9.59 Å². The van der Waals surface area contributed by atoms with Crippen LogP contribution in [0.5, 0.6) is 0 Å². The molecule has 2 aromatic heterocycles. The standard InChI is InChI=1S/C16H22N6O2S/c1-3-11-8-14(23)20-15(18-11)22-13(7-10(2)21-22)19-16(24)17-9-12-5-4-6-25-12/h4-7,11,15,18H,3,8-9H2,1-2H3,(H,20,23)(H2,17,19,24). The van der Waals surface area contributed by atoms with E-state index in [1.54, 1.807) is 22.1 Å². The van der Waals surface area contributed by atoms with Gasteiger partial charge in [0.15, 0.2) is 6.29 Å². The van der Waals surface area contributed by atoms with Crippen LogP contribution in [-0.4, -0.2) is 27.8 Å². The van der Waals surface area contributed by atoms with Gasteiger partial charge < -0.3 is 10.6 Å². The molecule has 2 unspecified atom stereocenters. The Morgan fingerprint density at radius 3 is 3.08 bits per heavy atom. The van der Waals surface area contributed by atoms with Gasteiger partial charge in [-0.1, -0.05) is 13.0 Å². The van der Waals surface area contributed by atoms with E-state index in [-0.39, 0.29) is 18.0 Å². The molecule has 134 valence electrons. The fraction of sp³-hybridized carbons (Fsp3) is 0.438. The van der Waals surface area contributed by atoms with Crippen LogP contribution >= 0.6 is 11.3 Å². The number of hydrogen-bond donors (Lipinski definition) is 4. The van der Waals surface area contributed by atoms with E-state index in [2.05, 4.69) is 26.4 Å². The lowest BCUT2D eigenvalue weighted by molar-refractivity contribution is -0.125. The third-order valence-corrected chi connectivity index (χ3v) is 4.84. The van der Waals surface area contributed by atoms with Crippen molar-refractivity contribution in [1.82, 2.24) is 25.7 Å². The van der Waals surface area contributed by atoms with Gasteiger partial charge in [0.25, 0.3) is 0 Å². The summed E-state index contributed by atoms with van der Waals surface area (Å²) < 4.78 is 1.60. The third kappa shape index (κ3) is 4.37. The van der Waals surface area contributed by atoms with E-state index < -0.39 is 6.29 Å². The molecule has 0 saturated carbocycles. The molecule has 0 aromatic carbocycles. The van der Waals surface area contributed by atoms with Crippen molar-refractivity contribution in [3.8, 4) is 0 Å².